The summed E-state index contributed by atoms with van der Waals surface area (Å²) in [5.41, 5.74) is 2.17. The van der Waals surface area contributed by atoms with Crippen molar-refractivity contribution in [3.05, 3.63) is 41.0 Å². The van der Waals surface area contributed by atoms with Gasteiger partial charge in [-0.25, -0.2) is 0 Å². The molecule has 5 nitrogen and oxygen atoms in total. The normalized spacial score (nSPS) is 17.5. The van der Waals surface area contributed by atoms with Crippen LogP contribution in [0.2, 0.25) is 0 Å². The Hall–Kier alpha value is -1.88. The van der Waals surface area contributed by atoms with Gasteiger partial charge in [0.1, 0.15) is 5.75 Å². The largest absolute Gasteiger partial charge is 0.485 e. The molecule has 106 valence electrons. The molecule has 3 rings (SSSR count). The molecule has 1 N–H and O–H groups in total. The van der Waals surface area contributed by atoms with Crippen LogP contribution in [0.3, 0.4) is 0 Å². The van der Waals surface area contributed by atoms with Gasteiger partial charge in [-0.2, -0.15) is 4.98 Å². The Kier molecular flexibility index (Phi) is 3.44. The second-order valence-corrected chi connectivity index (χ2v) is 5.41. The minimum atomic E-state index is -0.329. The standard InChI is InChI=1S/C15H18N2O3/c1-9(2)15-16-14(17-20-15)8-19-11-4-5-12-10(7-11)3-6-13(12)18/h4-5,7,9,13,18H,3,6,8H2,1-2H3/t13-/m1/s1. The maximum Gasteiger partial charge on any atom is 0.229 e. The van der Waals surface area contributed by atoms with E-state index < -0.39 is 0 Å². The van der Waals surface area contributed by atoms with Gasteiger partial charge in [0.05, 0.1) is 6.10 Å². The summed E-state index contributed by atoms with van der Waals surface area (Å²) in [5.74, 6) is 2.17. The van der Waals surface area contributed by atoms with Gasteiger partial charge in [-0.05, 0) is 36.1 Å². The zero-order valence-electron chi connectivity index (χ0n) is 11.7. The van der Waals surface area contributed by atoms with Crippen molar-refractivity contribution in [3.8, 4) is 5.75 Å². The summed E-state index contributed by atoms with van der Waals surface area (Å²) in [4.78, 5) is 4.27. The topological polar surface area (TPSA) is 68.4 Å². The number of rotatable bonds is 4. The molecule has 0 aliphatic heterocycles. The molecule has 1 aliphatic carbocycles. The van der Waals surface area contributed by atoms with E-state index in [0.717, 1.165) is 29.7 Å². The number of aromatic nitrogens is 2. The van der Waals surface area contributed by atoms with Gasteiger partial charge in [0.15, 0.2) is 6.61 Å². The highest BCUT2D eigenvalue weighted by Crippen LogP contribution is 2.33. The molecule has 0 fully saturated rings. The van der Waals surface area contributed by atoms with Crippen LogP contribution in [0.5, 0.6) is 5.75 Å². The zero-order valence-corrected chi connectivity index (χ0v) is 11.7. The van der Waals surface area contributed by atoms with Gasteiger partial charge in [-0.1, -0.05) is 25.1 Å². The smallest absolute Gasteiger partial charge is 0.229 e. The van der Waals surface area contributed by atoms with Crippen LogP contribution in [0.25, 0.3) is 0 Å². The lowest BCUT2D eigenvalue weighted by Gasteiger charge is -2.07. The van der Waals surface area contributed by atoms with Crippen LogP contribution >= 0.6 is 0 Å². The number of benzene rings is 1. The maximum atomic E-state index is 9.76. The molecule has 0 spiro atoms. The van der Waals surface area contributed by atoms with Crippen LogP contribution in [0.4, 0.5) is 0 Å². The Morgan fingerprint density at radius 2 is 2.30 bits per heavy atom. The van der Waals surface area contributed by atoms with Crippen molar-refractivity contribution in [2.75, 3.05) is 0 Å². The van der Waals surface area contributed by atoms with E-state index in [2.05, 4.69) is 10.1 Å². The summed E-state index contributed by atoms with van der Waals surface area (Å²) in [6.45, 7) is 4.30. The molecule has 0 saturated carbocycles. The quantitative estimate of drug-likeness (QED) is 0.928. The molecule has 2 aromatic rings. The molecule has 1 aromatic carbocycles. The third-order valence-electron chi connectivity index (χ3n) is 3.51. The fraction of sp³-hybridized carbons (Fsp3) is 0.467. The van der Waals surface area contributed by atoms with E-state index in [1.54, 1.807) is 0 Å². The van der Waals surface area contributed by atoms with Gasteiger partial charge in [0, 0.05) is 5.92 Å². The van der Waals surface area contributed by atoms with E-state index in [1.807, 2.05) is 32.0 Å². The van der Waals surface area contributed by atoms with E-state index >= 15 is 0 Å². The summed E-state index contributed by atoms with van der Waals surface area (Å²) >= 11 is 0. The van der Waals surface area contributed by atoms with Crippen molar-refractivity contribution in [3.63, 3.8) is 0 Å². The molecule has 0 saturated heterocycles. The van der Waals surface area contributed by atoms with Crippen molar-refractivity contribution in [2.45, 2.75) is 45.3 Å². The van der Waals surface area contributed by atoms with Gasteiger partial charge in [0.25, 0.3) is 0 Å². The lowest BCUT2D eigenvalue weighted by molar-refractivity contribution is 0.180. The number of ether oxygens (including phenoxy) is 1. The first-order valence-corrected chi connectivity index (χ1v) is 6.89. The molecule has 5 heteroatoms. The molecule has 0 unspecified atom stereocenters. The van der Waals surface area contributed by atoms with E-state index in [0.29, 0.717) is 11.7 Å². The predicted molar refractivity (Wildman–Crippen MR) is 72.4 cm³/mol. The highest BCUT2D eigenvalue weighted by atomic mass is 16.5. The SMILES string of the molecule is CC(C)c1nc(COc2ccc3c(c2)CC[C@H]3O)no1. The van der Waals surface area contributed by atoms with Crippen molar-refractivity contribution < 1.29 is 14.4 Å². The first kappa shape index (κ1) is 13.1. The third-order valence-corrected chi connectivity index (χ3v) is 3.51. The van der Waals surface area contributed by atoms with E-state index in [-0.39, 0.29) is 18.6 Å². The van der Waals surface area contributed by atoms with Crippen LogP contribution in [0.15, 0.2) is 22.7 Å². The van der Waals surface area contributed by atoms with Crippen LogP contribution in [0, 0.1) is 0 Å². The maximum absolute atomic E-state index is 9.76. The Morgan fingerprint density at radius 3 is 3.05 bits per heavy atom. The second kappa shape index (κ2) is 5.25. The molecular weight excluding hydrogens is 256 g/mol. The lowest BCUT2D eigenvalue weighted by Crippen LogP contribution is -1.99. The van der Waals surface area contributed by atoms with Gasteiger partial charge >= 0.3 is 0 Å². The van der Waals surface area contributed by atoms with Gasteiger partial charge in [-0.15, -0.1) is 0 Å². The number of fused-ring (bicyclic) bond motifs is 1. The second-order valence-electron chi connectivity index (χ2n) is 5.41. The number of aliphatic hydroxyl groups excluding tert-OH is 1. The first-order valence-electron chi connectivity index (χ1n) is 6.89. The molecule has 1 aliphatic rings. The minimum absolute atomic E-state index is 0.220. The van der Waals surface area contributed by atoms with Crippen LogP contribution in [0.1, 0.15) is 55.1 Å². The van der Waals surface area contributed by atoms with Crippen LogP contribution < -0.4 is 4.74 Å². The van der Waals surface area contributed by atoms with E-state index in [4.69, 9.17) is 9.26 Å². The molecule has 0 bridgehead atoms. The number of hydrogen-bond donors (Lipinski definition) is 1. The van der Waals surface area contributed by atoms with Crippen LogP contribution in [-0.2, 0) is 13.0 Å². The van der Waals surface area contributed by atoms with Crippen molar-refractivity contribution in [2.24, 2.45) is 0 Å². The number of aryl methyl sites for hydroxylation is 1. The zero-order chi connectivity index (χ0) is 14.1. The summed E-state index contributed by atoms with van der Waals surface area (Å²) in [7, 11) is 0. The van der Waals surface area contributed by atoms with Gasteiger partial charge < -0.3 is 14.4 Å². The number of nitrogens with zero attached hydrogens (tertiary/aromatic N) is 2. The molecule has 1 aromatic heterocycles. The third kappa shape index (κ3) is 2.54. The highest BCUT2D eigenvalue weighted by Gasteiger charge is 2.20. The first-order chi connectivity index (χ1) is 9.63. The average molecular weight is 274 g/mol. The fourth-order valence-corrected chi connectivity index (χ4v) is 2.37. The minimum Gasteiger partial charge on any atom is -0.485 e. The molecular formula is C15H18N2O3. The number of hydrogen-bond acceptors (Lipinski definition) is 5. The van der Waals surface area contributed by atoms with E-state index in [9.17, 15) is 5.11 Å². The summed E-state index contributed by atoms with van der Waals surface area (Å²) in [6, 6.07) is 5.78. The number of aliphatic hydroxyl groups is 1. The Labute approximate surface area is 117 Å². The van der Waals surface area contributed by atoms with Crippen molar-refractivity contribution in [1.82, 2.24) is 10.1 Å². The Morgan fingerprint density at radius 1 is 1.45 bits per heavy atom. The lowest BCUT2D eigenvalue weighted by atomic mass is 10.1. The molecule has 0 amide bonds. The Balaban J connectivity index is 1.66. The molecule has 1 atom stereocenters. The molecule has 0 radical (unpaired) electrons. The molecule has 20 heavy (non-hydrogen) atoms. The predicted octanol–water partition coefficient (Wildman–Crippen LogP) is 2.75. The highest BCUT2D eigenvalue weighted by molar-refractivity contribution is 5.39. The van der Waals surface area contributed by atoms with Crippen LogP contribution in [-0.4, -0.2) is 15.2 Å². The van der Waals surface area contributed by atoms with E-state index in [1.165, 1.54) is 0 Å². The van der Waals surface area contributed by atoms with Crippen molar-refractivity contribution in [1.29, 1.82) is 0 Å². The monoisotopic (exact) mass is 274 g/mol. The van der Waals surface area contributed by atoms with Gasteiger partial charge in [-0.3, -0.25) is 0 Å². The Bertz CT molecular complexity index is 607. The fourth-order valence-electron chi connectivity index (χ4n) is 2.37. The van der Waals surface area contributed by atoms with Crippen molar-refractivity contribution >= 4 is 0 Å². The average Bonchev–Trinajstić information content (AvgIpc) is 3.04. The summed E-state index contributed by atoms with van der Waals surface area (Å²) in [6.07, 6.45) is 1.36. The molecule has 1 heterocycles. The summed E-state index contributed by atoms with van der Waals surface area (Å²) in [5, 5.41) is 13.6. The van der Waals surface area contributed by atoms with Gasteiger partial charge in [0.2, 0.25) is 11.7 Å². The summed E-state index contributed by atoms with van der Waals surface area (Å²) < 4.78 is 10.8.